The predicted molar refractivity (Wildman–Crippen MR) is 89.5 cm³/mol. The summed E-state index contributed by atoms with van der Waals surface area (Å²) in [6.45, 7) is 2.09. The molecule has 2 heterocycles. The molecule has 0 saturated heterocycles. The van der Waals surface area contributed by atoms with Gasteiger partial charge in [0.2, 0.25) is 5.91 Å². The number of furan rings is 1. The number of rotatable bonds is 6. The minimum Gasteiger partial charge on any atom is -0.550 e. The maximum absolute atomic E-state index is 12.4. The molecule has 0 radical (unpaired) electrons. The van der Waals surface area contributed by atoms with E-state index in [4.69, 9.17) is 4.42 Å². The van der Waals surface area contributed by atoms with Gasteiger partial charge in [0.25, 0.3) is 0 Å². The highest BCUT2D eigenvalue weighted by molar-refractivity contribution is 5.83. The highest BCUT2D eigenvalue weighted by Crippen LogP contribution is 2.32. The standard InChI is InChI=1S/C19H20N2O4/c1-2-13-5-7-14(8-6-13)15-12-16(17-4-3-11-25-17)21(20-15)18(22)9-10-19(23)24/h3-8,11-12,16,20H,2,9-10H2,1H3,(H,23,24)/p-1/t16-/m0/s1. The van der Waals surface area contributed by atoms with E-state index >= 15 is 0 Å². The molecule has 1 atom stereocenters. The van der Waals surface area contributed by atoms with Gasteiger partial charge in [-0.3, -0.25) is 10.2 Å². The van der Waals surface area contributed by atoms with E-state index in [-0.39, 0.29) is 18.7 Å². The van der Waals surface area contributed by atoms with Gasteiger partial charge in [-0.15, -0.1) is 0 Å². The Bertz CT molecular complexity index is 778. The first-order valence-electron chi connectivity index (χ1n) is 8.21. The van der Waals surface area contributed by atoms with Crippen molar-refractivity contribution in [3.63, 3.8) is 0 Å². The zero-order valence-electron chi connectivity index (χ0n) is 13.9. The molecule has 1 amide bonds. The molecule has 0 bridgehead atoms. The first kappa shape index (κ1) is 16.8. The lowest BCUT2D eigenvalue weighted by atomic mass is 10.1. The molecule has 6 nitrogen and oxygen atoms in total. The van der Waals surface area contributed by atoms with Gasteiger partial charge in [0.15, 0.2) is 0 Å². The van der Waals surface area contributed by atoms with E-state index in [1.54, 1.807) is 18.4 Å². The maximum atomic E-state index is 12.4. The molecule has 0 unspecified atom stereocenters. The highest BCUT2D eigenvalue weighted by atomic mass is 16.4. The fourth-order valence-electron chi connectivity index (χ4n) is 2.77. The van der Waals surface area contributed by atoms with Gasteiger partial charge in [-0.05, 0) is 42.2 Å². The number of aliphatic carboxylic acids is 1. The number of carbonyl (C=O) groups excluding carboxylic acids is 2. The number of amides is 1. The molecule has 0 fully saturated rings. The molecule has 3 rings (SSSR count). The van der Waals surface area contributed by atoms with E-state index in [0.717, 1.165) is 17.7 Å². The number of carbonyl (C=O) groups is 2. The smallest absolute Gasteiger partial charge is 0.242 e. The van der Waals surface area contributed by atoms with E-state index < -0.39 is 12.0 Å². The van der Waals surface area contributed by atoms with Crippen LogP contribution in [0.2, 0.25) is 0 Å². The van der Waals surface area contributed by atoms with E-state index in [2.05, 4.69) is 12.3 Å². The van der Waals surface area contributed by atoms with Gasteiger partial charge in [-0.1, -0.05) is 31.2 Å². The monoisotopic (exact) mass is 339 g/mol. The maximum Gasteiger partial charge on any atom is 0.242 e. The van der Waals surface area contributed by atoms with Gasteiger partial charge in [-0.2, -0.15) is 0 Å². The molecular weight excluding hydrogens is 320 g/mol. The highest BCUT2D eigenvalue weighted by Gasteiger charge is 2.32. The molecule has 0 aliphatic carbocycles. The van der Waals surface area contributed by atoms with Gasteiger partial charge in [0.1, 0.15) is 11.8 Å². The molecule has 0 saturated carbocycles. The Morgan fingerprint density at radius 3 is 2.56 bits per heavy atom. The summed E-state index contributed by atoms with van der Waals surface area (Å²) in [5.74, 6) is -0.970. The Labute approximate surface area is 145 Å². The first-order chi connectivity index (χ1) is 12.1. The molecule has 1 aliphatic heterocycles. The number of aryl methyl sites for hydroxylation is 1. The second-order valence-corrected chi connectivity index (χ2v) is 5.84. The predicted octanol–water partition coefficient (Wildman–Crippen LogP) is 1.80. The second-order valence-electron chi connectivity index (χ2n) is 5.84. The number of carboxylic acid groups (broad SMARTS) is 1. The number of hydrogen-bond donors (Lipinski definition) is 1. The van der Waals surface area contributed by atoms with Crippen molar-refractivity contribution in [2.75, 3.05) is 0 Å². The van der Waals surface area contributed by atoms with Crippen molar-refractivity contribution in [3.8, 4) is 0 Å². The SMILES string of the molecule is CCc1ccc(C2=C[C@@H](c3ccco3)N(C(=O)CCC(=O)[O-])N2)cc1. The molecule has 1 aromatic carbocycles. The third-order valence-electron chi connectivity index (χ3n) is 4.16. The summed E-state index contributed by atoms with van der Waals surface area (Å²) in [6, 6.07) is 11.2. The van der Waals surface area contributed by atoms with Crippen molar-refractivity contribution in [1.82, 2.24) is 10.4 Å². The van der Waals surface area contributed by atoms with Gasteiger partial charge >= 0.3 is 0 Å². The Morgan fingerprint density at radius 1 is 1.20 bits per heavy atom. The topological polar surface area (TPSA) is 85.6 Å². The van der Waals surface area contributed by atoms with Crippen molar-refractivity contribution >= 4 is 17.6 Å². The van der Waals surface area contributed by atoms with Crippen LogP contribution in [0.5, 0.6) is 0 Å². The summed E-state index contributed by atoms with van der Waals surface area (Å²) < 4.78 is 5.44. The van der Waals surface area contributed by atoms with Gasteiger partial charge in [-0.25, -0.2) is 5.01 Å². The third kappa shape index (κ3) is 3.74. The fraction of sp³-hybridized carbons (Fsp3) is 0.263. The summed E-state index contributed by atoms with van der Waals surface area (Å²) in [7, 11) is 0. The van der Waals surface area contributed by atoms with Crippen LogP contribution in [-0.2, 0) is 16.0 Å². The van der Waals surface area contributed by atoms with Crippen molar-refractivity contribution in [3.05, 3.63) is 65.6 Å². The summed E-state index contributed by atoms with van der Waals surface area (Å²) >= 11 is 0. The summed E-state index contributed by atoms with van der Waals surface area (Å²) in [6.07, 6.45) is 3.94. The number of nitrogens with zero attached hydrogens (tertiary/aromatic N) is 1. The Hall–Kier alpha value is -3.02. The van der Waals surface area contributed by atoms with E-state index in [1.807, 2.05) is 30.3 Å². The van der Waals surface area contributed by atoms with Gasteiger partial charge in [0.05, 0.1) is 12.0 Å². The minimum atomic E-state index is -1.24. The minimum absolute atomic E-state index is 0.136. The average molecular weight is 339 g/mol. The van der Waals surface area contributed by atoms with Crippen molar-refractivity contribution < 1.29 is 19.1 Å². The Kier molecular flexibility index (Phi) is 4.88. The van der Waals surface area contributed by atoms with Gasteiger partial charge < -0.3 is 14.3 Å². The van der Waals surface area contributed by atoms with Gasteiger partial charge in [0, 0.05) is 12.4 Å². The quantitative estimate of drug-likeness (QED) is 0.867. The number of nitrogens with one attached hydrogen (secondary N) is 1. The molecule has 6 heteroatoms. The van der Waals surface area contributed by atoms with Crippen LogP contribution in [0, 0.1) is 0 Å². The van der Waals surface area contributed by atoms with E-state index in [9.17, 15) is 14.7 Å². The molecule has 1 N–H and O–H groups in total. The van der Waals surface area contributed by atoms with E-state index in [0.29, 0.717) is 5.76 Å². The number of hydrogen-bond acceptors (Lipinski definition) is 5. The molecule has 2 aromatic rings. The summed E-state index contributed by atoms with van der Waals surface area (Å²) in [4.78, 5) is 23.1. The van der Waals surface area contributed by atoms with Crippen LogP contribution in [0.3, 0.4) is 0 Å². The zero-order valence-corrected chi connectivity index (χ0v) is 13.9. The molecule has 25 heavy (non-hydrogen) atoms. The van der Waals surface area contributed by atoms with Crippen LogP contribution in [0.25, 0.3) is 5.70 Å². The van der Waals surface area contributed by atoms with E-state index in [1.165, 1.54) is 10.6 Å². The molecule has 0 spiro atoms. The largest absolute Gasteiger partial charge is 0.550 e. The van der Waals surface area contributed by atoms with Crippen LogP contribution in [0.15, 0.2) is 53.2 Å². The third-order valence-corrected chi connectivity index (χ3v) is 4.16. The van der Waals surface area contributed by atoms with Crippen molar-refractivity contribution in [1.29, 1.82) is 0 Å². The molecular formula is C19H19N2O4-. The number of carboxylic acids is 1. The lowest BCUT2D eigenvalue weighted by Gasteiger charge is -2.24. The lowest BCUT2D eigenvalue weighted by Crippen LogP contribution is -2.40. The zero-order chi connectivity index (χ0) is 17.8. The average Bonchev–Trinajstić information content (AvgIpc) is 3.29. The summed E-state index contributed by atoms with van der Waals surface area (Å²) in [5.41, 5.74) is 6.04. The second kappa shape index (κ2) is 7.25. The van der Waals surface area contributed by atoms with Crippen molar-refractivity contribution in [2.45, 2.75) is 32.2 Å². The molecule has 130 valence electrons. The van der Waals surface area contributed by atoms with Crippen molar-refractivity contribution in [2.24, 2.45) is 0 Å². The van der Waals surface area contributed by atoms with Crippen LogP contribution < -0.4 is 10.5 Å². The normalized spacial score (nSPS) is 16.4. The van der Waals surface area contributed by atoms with Crippen LogP contribution >= 0.6 is 0 Å². The Morgan fingerprint density at radius 2 is 1.96 bits per heavy atom. The molecule has 1 aromatic heterocycles. The molecule has 1 aliphatic rings. The lowest BCUT2D eigenvalue weighted by molar-refractivity contribution is -0.305. The van der Waals surface area contributed by atoms with Crippen LogP contribution in [-0.4, -0.2) is 16.9 Å². The fourth-order valence-corrected chi connectivity index (χ4v) is 2.77. The summed E-state index contributed by atoms with van der Waals surface area (Å²) in [5, 5.41) is 12.0. The Balaban J connectivity index is 1.84. The van der Waals surface area contributed by atoms with Crippen LogP contribution in [0.1, 0.15) is 42.7 Å². The number of benzene rings is 1. The first-order valence-corrected chi connectivity index (χ1v) is 8.21. The van der Waals surface area contributed by atoms with Crippen LogP contribution in [0.4, 0.5) is 0 Å². The number of hydrazine groups is 1.